The maximum Gasteiger partial charge on any atom is 0.227 e. The summed E-state index contributed by atoms with van der Waals surface area (Å²) in [6.07, 6.45) is 1.60. The summed E-state index contributed by atoms with van der Waals surface area (Å²) in [5.74, 6) is 1.13. The largest absolute Gasteiger partial charge is 0.495 e. The van der Waals surface area contributed by atoms with E-state index in [-0.39, 0.29) is 4.99 Å². The standard InChI is InChI=1S/C12H12N4OS/c1-17-10-5-3-2-4-8(10)15-12-14-7-6-9(16-12)11(13)18/h2-7H,1H3,(H2,13,18)(H,14,15,16). The number of thiocarbonyl (C=S) groups is 1. The Morgan fingerprint density at radius 3 is 2.83 bits per heavy atom. The van der Waals surface area contributed by atoms with Crippen LogP contribution in [0.1, 0.15) is 5.69 Å². The molecule has 0 unspecified atom stereocenters. The fourth-order valence-electron chi connectivity index (χ4n) is 1.42. The molecule has 2 rings (SSSR count). The number of aromatic nitrogens is 2. The molecule has 0 bridgehead atoms. The molecule has 1 heterocycles. The van der Waals surface area contributed by atoms with Crippen LogP contribution in [0.3, 0.4) is 0 Å². The third-order valence-electron chi connectivity index (χ3n) is 2.26. The average molecular weight is 260 g/mol. The summed E-state index contributed by atoms with van der Waals surface area (Å²) in [6.45, 7) is 0. The smallest absolute Gasteiger partial charge is 0.227 e. The van der Waals surface area contributed by atoms with Crippen LogP contribution in [-0.4, -0.2) is 22.1 Å². The maximum absolute atomic E-state index is 5.52. The molecule has 1 aromatic carbocycles. The predicted octanol–water partition coefficient (Wildman–Crippen LogP) is 1.86. The fraction of sp³-hybridized carbons (Fsp3) is 0.0833. The first-order valence-corrected chi connectivity index (χ1v) is 5.64. The highest BCUT2D eigenvalue weighted by atomic mass is 32.1. The number of nitrogens with one attached hydrogen (secondary N) is 1. The number of nitrogens with two attached hydrogens (primary N) is 1. The van der Waals surface area contributed by atoms with Gasteiger partial charge in [-0.25, -0.2) is 9.97 Å². The normalized spacial score (nSPS) is 9.83. The summed E-state index contributed by atoms with van der Waals surface area (Å²) in [5.41, 5.74) is 6.82. The minimum atomic E-state index is 0.237. The molecule has 6 heteroatoms. The molecule has 3 N–H and O–H groups in total. The zero-order valence-corrected chi connectivity index (χ0v) is 10.6. The van der Waals surface area contributed by atoms with Crippen molar-refractivity contribution in [3.05, 3.63) is 42.2 Å². The van der Waals surface area contributed by atoms with E-state index in [1.807, 2.05) is 24.3 Å². The maximum atomic E-state index is 5.52. The third-order valence-corrected chi connectivity index (χ3v) is 2.47. The van der Waals surface area contributed by atoms with Crippen molar-refractivity contribution in [1.82, 2.24) is 9.97 Å². The van der Waals surface area contributed by atoms with Crippen LogP contribution in [0.2, 0.25) is 0 Å². The molecule has 0 aliphatic carbocycles. The predicted molar refractivity (Wildman–Crippen MR) is 74.2 cm³/mol. The zero-order chi connectivity index (χ0) is 13.0. The van der Waals surface area contributed by atoms with E-state index in [2.05, 4.69) is 15.3 Å². The lowest BCUT2D eigenvalue weighted by atomic mass is 10.3. The number of rotatable bonds is 4. The number of anilines is 2. The van der Waals surface area contributed by atoms with Crippen molar-refractivity contribution < 1.29 is 4.74 Å². The van der Waals surface area contributed by atoms with Gasteiger partial charge in [-0.05, 0) is 18.2 Å². The molecular weight excluding hydrogens is 248 g/mol. The number of para-hydroxylation sites is 2. The molecule has 18 heavy (non-hydrogen) atoms. The number of nitrogens with zero attached hydrogens (tertiary/aromatic N) is 2. The van der Waals surface area contributed by atoms with Gasteiger partial charge in [-0.2, -0.15) is 0 Å². The molecular formula is C12H12N4OS. The lowest BCUT2D eigenvalue weighted by molar-refractivity contribution is 0.417. The van der Waals surface area contributed by atoms with Gasteiger partial charge in [-0.1, -0.05) is 24.4 Å². The Kier molecular flexibility index (Phi) is 3.69. The topological polar surface area (TPSA) is 73.1 Å². The summed E-state index contributed by atoms with van der Waals surface area (Å²) in [7, 11) is 1.60. The molecule has 0 radical (unpaired) electrons. The first kappa shape index (κ1) is 12.3. The molecule has 0 atom stereocenters. The van der Waals surface area contributed by atoms with E-state index < -0.39 is 0 Å². The van der Waals surface area contributed by atoms with Gasteiger partial charge in [-0.3, -0.25) is 0 Å². The second kappa shape index (κ2) is 5.42. The summed E-state index contributed by atoms with van der Waals surface area (Å²) in [6, 6.07) is 9.16. The van der Waals surface area contributed by atoms with Gasteiger partial charge in [0.05, 0.1) is 12.8 Å². The van der Waals surface area contributed by atoms with Crippen LogP contribution in [0, 0.1) is 0 Å². The van der Waals surface area contributed by atoms with Gasteiger partial charge in [0, 0.05) is 6.20 Å². The van der Waals surface area contributed by atoms with Crippen molar-refractivity contribution in [1.29, 1.82) is 0 Å². The van der Waals surface area contributed by atoms with Crippen molar-refractivity contribution in [2.45, 2.75) is 0 Å². The fourth-order valence-corrected chi connectivity index (χ4v) is 1.54. The highest BCUT2D eigenvalue weighted by Gasteiger charge is 2.05. The third kappa shape index (κ3) is 2.72. The van der Waals surface area contributed by atoms with E-state index >= 15 is 0 Å². The Morgan fingerprint density at radius 1 is 1.33 bits per heavy atom. The SMILES string of the molecule is COc1ccccc1Nc1nccc(C(N)=S)n1. The second-order valence-corrected chi connectivity index (χ2v) is 3.89. The highest BCUT2D eigenvalue weighted by molar-refractivity contribution is 7.80. The molecule has 92 valence electrons. The molecule has 0 saturated heterocycles. The zero-order valence-electron chi connectivity index (χ0n) is 9.75. The summed E-state index contributed by atoms with van der Waals surface area (Å²) < 4.78 is 5.23. The van der Waals surface area contributed by atoms with Crippen molar-refractivity contribution in [2.75, 3.05) is 12.4 Å². The van der Waals surface area contributed by atoms with E-state index in [0.717, 1.165) is 5.69 Å². The Bertz CT molecular complexity index is 574. The van der Waals surface area contributed by atoms with Gasteiger partial charge < -0.3 is 15.8 Å². The van der Waals surface area contributed by atoms with Crippen LogP contribution < -0.4 is 15.8 Å². The van der Waals surface area contributed by atoms with Crippen molar-refractivity contribution in [3.8, 4) is 5.75 Å². The van der Waals surface area contributed by atoms with Crippen molar-refractivity contribution in [2.24, 2.45) is 5.73 Å². The summed E-state index contributed by atoms with van der Waals surface area (Å²) in [5, 5.41) is 3.06. The lowest BCUT2D eigenvalue weighted by Crippen LogP contribution is -2.12. The monoisotopic (exact) mass is 260 g/mol. The molecule has 2 aromatic rings. The Hall–Kier alpha value is -2.21. The van der Waals surface area contributed by atoms with Crippen LogP contribution in [0.4, 0.5) is 11.6 Å². The Balaban J connectivity index is 2.28. The van der Waals surface area contributed by atoms with E-state index in [9.17, 15) is 0 Å². The van der Waals surface area contributed by atoms with E-state index in [0.29, 0.717) is 17.4 Å². The number of methoxy groups -OCH3 is 1. The van der Waals surface area contributed by atoms with Crippen LogP contribution in [0.5, 0.6) is 5.75 Å². The quantitative estimate of drug-likeness (QED) is 0.817. The molecule has 0 fully saturated rings. The van der Waals surface area contributed by atoms with E-state index in [4.69, 9.17) is 22.7 Å². The minimum absolute atomic E-state index is 0.237. The summed E-state index contributed by atoms with van der Waals surface area (Å²) in [4.78, 5) is 8.54. The van der Waals surface area contributed by atoms with E-state index in [1.165, 1.54) is 0 Å². The Labute approximate surface area is 110 Å². The van der Waals surface area contributed by atoms with Crippen LogP contribution in [0.25, 0.3) is 0 Å². The molecule has 0 amide bonds. The number of hydrogen-bond acceptors (Lipinski definition) is 5. The molecule has 0 spiro atoms. The van der Waals surface area contributed by atoms with E-state index in [1.54, 1.807) is 19.4 Å². The summed E-state index contributed by atoms with van der Waals surface area (Å²) >= 11 is 4.87. The lowest BCUT2D eigenvalue weighted by Gasteiger charge is -2.09. The van der Waals surface area contributed by atoms with Crippen LogP contribution in [0.15, 0.2) is 36.5 Å². The van der Waals surface area contributed by atoms with Crippen molar-refractivity contribution in [3.63, 3.8) is 0 Å². The number of benzene rings is 1. The molecule has 0 aliphatic heterocycles. The molecule has 0 saturated carbocycles. The van der Waals surface area contributed by atoms with Gasteiger partial charge in [0.15, 0.2) is 0 Å². The van der Waals surface area contributed by atoms with Gasteiger partial charge in [0.2, 0.25) is 5.95 Å². The molecule has 1 aromatic heterocycles. The highest BCUT2D eigenvalue weighted by Crippen LogP contribution is 2.25. The first-order chi connectivity index (χ1) is 8.70. The van der Waals surface area contributed by atoms with Gasteiger partial charge in [0.25, 0.3) is 0 Å². The van der Waals surface area contributed by atoms with Crippen LogP contribution in [-0.2, 0) is 0 Å². The minimum Gasteiger partial charge on any atom is -0.495 e. The second-order valence-electron chi connectivity index (χ2n) is 3.46. The van der Waals surface area contributed by atoms with Gasteiger partial charge in [-0.15, -0.1) is 0 Å². The molecule has 5 nitrogen and oxygen atoms in total. The van der Waals surface area contributed by atoms with Crippen LogP contribution >= 0.6 is 12.2 Å². The Morgan fingerprint density at radius 2 is 2.11 bits per heavy atom. The molecule has 0 aliphatic rings. The number of hydrogen-bond donors (Lipinski definition) is 2. The average Bonchev–Trinajstić information content (AvgIpc) is 2.39. The number of ether oxygens (including phenoxy) is 1. The van der Waals surface area contributed by atoms with Crippen molar-refractivity contribution >= 4 is 28.8 Å². The van der Waals surface area contributed by atoms with Gasteiger partial charge in [0.1, 0.15) is 16.4 Å². The first-order valence-electron chi connectivity index (χ1n) is 5.23. The van der Waals surface area contributed by atoms with Gasteiger partial charge >= 0.3 is 0 Å².